The van der Waals surface area contributed by atoms with Crippen LogP contribution in [0.3, 0.4) is 0 Å². The Morgan fingerprint density at radius 2 is 1.49 bits per heavy atom. The molecule has 1 N–H and O–H groups in total. The zero-order chi connectivity index (χ0) is 25.8. The Bertz CT molecular complexity index is 1290. The number of nitrogens with zero attached hydrogens (tertiary/aromatic N) is 2. The fraction of sp³-hybridized carbons (Fsp3) is 0.214. The van der Waals surface area contributed by atoms with Crippen LogP contribution < -0.4 is 10.1 Å². The molecule has 0 spiro atoms. The van der Waals surface area contributed by atoms with E-state index in [0.717, 1.165) is 5.56 Å². The summed E-state index contributed by atoms with van der Waals surface area (Å²) in [6, 6.07) is 25.1. The van der Waals surface area contributed by atoms with Crippen LogP contribution in [-0.2, 0) is 25.7 Å². The Balaban J connectivity index is 1.29. The lowest BCUT2D eigenvalue weighted by Gasteiger charge is -2.43. The molecule has 0 saturated carbocycles. The third-order valence-corrected chi connectivity index (χ3v) is 6.35. The lowest BCUT2D eigenvalue weighted by Crippen LogP contribution is -2.71. The number of rotatable bonds is 8. The normalized spacial score (nSPS) is 20.0. The number of esters is 1. The van der Waals surface area contributed by atoms with E-state index in [1.54, 1.807) is 54.6 Å². The fourth-order valence-corrected chi connectivity index (χ4v) is 4.54. The van der Waals surface area contributed by atoms with E-state index in [4.69, 9.17) is 9.47 Å². The van der Waals surface area contributed by atoms with Crippen LogP contribution in [0, 0.1) is 0 Å². The summed E-state index contributed by atoms with van der Waals surface area (Å²) in [5, 5.41) is 2.68. The lowest BCUT2D eigenvalue weighted by atomic mass is 9.96. The average molecular weight is 500 g/mol. The number of β-lactam (4-membered cyclic amide) rings is 1. The van der Waals surface area contributed by atoms with Crippen molar-refractivity contribution in [2.24, 2.45) is 0 Å². The fourth-order valence-electron chi connectivity index (χ4n) is 4.54. The van der Waals surface area contributed by atoms with Gasteiger partial charge in [0.15, 0.2) is 6.61 Å². The Morgan fingerprint density at radius 3 is 2.16 bits per heavy atom. The number of hydrogen-bond donors (Lipinski definition) is 1. The molecule has 2 heterocycles. The molecular weight excluding hydrogens is 474 g/mol. The van der Waals surface area contributed by atoms with Gasteiger partial charge in [0.05, 0.1) is 6.04 Å². The van der Waals surface area contributed by atoms with Crippen molar-refractivity contribution in [3.63, 3.8) is 0 Å². The summed E-state index contributed by atoms with van der Waals surface area (Å²) >= 11 is 0. The predicted molar refractivity (Wildman–Crippen MR) is 132 cm³/mol. The molecule has 9 nitrogen and oxygen atoms in total. The molecule has 0 aliphatic carbocycles. The molecule has 0 radical (unpaired) electrons. The first-order chi connectivity index (χ1) is 18.0. The second-order valence-corrected chi connectivity index (χ2v) is 8.75. The lowest BCUT2D eigenvalue weighted by molar-refractivity contribution is -0.167. The highest BCUT2D eigenvalue weighted by Gasteiger charge is 2.61. The summed E-state index contributed by atoms with van der Waals surface area (Å²) in [4.78, 5) is 54.7. The molecule has 0 bridgehead atoms. The van der Waals surface area contributed by atoms with E-state index in [-0.39, 0.29) is 19.8 Å². The van der Waals surface area contributed by atoms with Gasteiger partial charge in [-0.2, -0.15) is 0 Å². The predicted octanol–water partition coefficient (Wildman–Crippen LogP) is 1.99. The summed E-state index contributed by atoms with van der Waals surface area (Å²) in [5.74, 6) is -1.51. The maximum Gasteiger partial charge on any atom is 0.350 e. The van der Waals surface area contributed by atoms with E-state index < -0.39 is 41.9 Å². The number of benzene rings is 3. The highest BCUT2D eigenvalue weighted by atomic mass is 16.5. The largest absolute Gasteiger partial charge is 0.484 e. The second-order valence-electron chi connectivity index (χ2n) is 8.75. The standard InChI is InChI=1S/C28H25N3O6/c32-23(18-36-21-14-8-3-9-15-21)29-24-22-16-30(26(33)20-12-6-2-7-13-20)25(31(22)27(24)34)28(35)37-17-19-10-4-1-5-11-19/h1-15,22,24-25H,16-18H2,(H,29,32)/t22?,24-,25?/m1/s1. The number of hydrogen-bond acceptors (Lipinski definition) is 6. The summed E-state index contributed by atoms with van der Waals surface area (Å²) in [5.41, 5.74) is 1.17. The summed E-state index contributed by atoms with van der Waals surface area (Å²) in [7, 11) is 0. The van der Waals surface area contributed by atoms with Crippen molar-refractivity contribution in [3.8, 4) is 5.75 Å². The molecule has 3 aromatic rings. The second kappa shape index (κ2) is 10.5. The zero-order valence-corrected chi connectivity index (χ0v) is 19.9. The monoisotopic (exact) mass is 499 g/mol. The van der Waals surface area contributed by atoms with Crippen LogP contribution in [0.15, 0.2) is 91.0 Å². The van der Waals surface area contributed by atoms with Crippen molar-refractivity contribution >= 4 is 23.7 Å². The van der Waals surface area contributed by atoms with Crippen molar-refractivity contribution < 1.29 is 28.7 Å². The van der Waals surface area contributed by atoms with Crippen molar-refractivity contribution in [1.29, 1.82) is 0 Å². The molecule has 3 atom stereocenters. The van der Waals surface area contributed by atoms with E-state index in [9.17, 15) is 19.2 Å². The van der Waals surface area contributed by atoms with Crippen LogP contribution in [0.4, 0.5) is 0 Å². The first-order valence-electron chi connectivity index (χ1n) is 11.9. The third-order valence-electron chi connectivity index (χ3n) is 6.35. The van der Waals surface area contributed by atoms with Gasteiger partial charge in [-0.15, -0.1) is 0 Å². The Hall–Kier alpha value is -4.66. The van der Waals surface area contributed by atoms with Crippen LogP contribution >= 0.6 is 0 Å². The summed E-state index contributed by atoms with van der Waals surface area (Å²) in [6.07, 6.45) is -1.22. The van der Waals surface area contributed by atoms with Gasteiger partial charge in [0, 0.05) is 12.1 Å². The van der Waals surface area contributed by atoms with E-state index in [1.165, 1.54) is 9.80 Å². The van der Waals surface area contributed by atoms with E-state index in [2.05, 4.69) is 5.32 Å². The number of ether oxygens (including phenoxy) is 2. The number of para-hydroxylation sites is 1. The van der Waals surface area contributed by atoms with Crippen LogP contribution in [0.25, 0.3) is 0 Å². The van der Waals surface area contributed by atoms with Gasteiger partial charge in [-0.05, 0) is 29.8 Å². The smallest absolute Gasteiger partial charge is 0.350 e. The molecule has 3 aromatic carbocycles. The number of nitrogens with one attached hydrogen (secondary N) is 1. The highest BCUT2D eigenvalue weighted by Crippen LogP contribution is 2.34. The topological polar surface area (TPSA) is 105 Å². The maximum atomic E-state index is 13.3. The average Bonchev–Trinajstić information content (AvgIpc) is 3.31. The van der Waals surface area contributed by atoms with Crippen LogP contribution in [0.1, 0.15) is 15.9 Å². The van der Waals surface area contributed by atoms with Crippen LogP contribution in [-0.4, -0.2) is 64.9 Å². The van der Waals surface area contributed by atoms with Crippen molar-refractivity contribution in [1.82, 2.24) is 15.1 Å². The van der Waals surface area contributed by atoms with Gasteiger partial charge in [-0.3, -0.25) is 14.4 Å². The van der Waals surface area contributed by atoms with Gasteiger partial charge < -0.3 is 24.6 Å². The molecule has 188 valence electrons. The SMILES string of the molecule is O=C(COc1ccccc1)N[C@H]1C(=O)N2C1CN(C(=O)c1ccccc1)C2C(=O)OCc1ccccc1. The van der Waals surface area contributed by atoms with Crippen LogP contribution in [0.5, 0.6) is 5.75 Å². The minimum atomic E-state index is -1.22. The molecule has 2 aliphatic rings. The highest BCUT2D eigenvalue weighted by molar-refractivity contribution is 6.02. The molecular formula is C28H25N3O6. The maximum absolute atomic E-state index is 13.3. The van der Waals surface area contributed by atoms with Gasteiger partial charge in [0.2, 0.25) is 12.1 Å². The minimum absolute atomic E-state index is 0.00717. The Kier molecular flexibility index (Phi) is 6.85. The first-order valence-corrected chi connectivity index (χ1v) is 11.9. The number of amides is 3. The quantitative estimate of drug-likeness (QED) is 0.376. The van der Waals surface area contributed by atoms with Gasteiger partial charge >= 0.3 is 5.97 Å². The number of carbonyl (C=O) groups excluding carboxylic acids is 4. The van der Waals surface area contributed by atoms with Gasteiger partial charge in [-0.1, -0.05) is 66.7 Å². The molecule has 3 amide bonds. The van der Waals surface area contributed by atoms with Crippen LogP contribution in [0.2, 0.25) is 0 Å². The van der Waals surface area contributed by atoms with Crippen molar-refractivity contribution in [2.75, 3.05) is 13.2 Å². The Morgan fingerprint density at radius 1 is 0.865 bits per heavy atom. The first kappa shape index (κ1) is 24.1. The van der Waals surface area contributed by atoms with Gasteiger partial charge in [0.25, 0.3) is 11.8 Å². The zero-order valence-electron chi connectivity index (χ0n) is 19.9. The van der Waals surface area contributed by atoms with Crippen molar-refractivity contribution in [3.05, 3.63) is 102 Å². The molecule has 5 rings (SSSR count). The Labute approximate surface area is 213 Å². The molecule has 2 saturated heterocycles. The molecule has 0 aromatic heterocycles. The number of fused-ring (bicyclic) bond motifs is 1. The van der Waals surface area contributed by atoms with Gasteiger partial charge in [-0.25, -0.2) is 4.79 Å². The summed E-state index contributed by atoms with van der Waals surface area (Å²) in [6.45, 7) is -0.183. The van der Waals surface area contributed by atoms with E-state index in [1.807, 2.05) is 36.4 Å². The van der Waals surface area contributed by atoms with Crippen molar-refractivity contribution in [2.45, 2.75) is 24.9 Å². The summed E-state index contributed by atoms with van der Waals surface area (Å²) < 4.78 is 11.0. The number of carbonyl (C=O) groups is 4. The molecule has 37 heavy (non-hydrogen) atoms. The minimum Gasteiger partial charge on any atom is -0.484 e. The third kappa shape index (κ3) is 5.02. The van der Waals surface area contributed by atoms with Gasteiger partial charge in [0.1, 0.15) is 18.4 Å². The van der Waals surface area contributed by atoms with E-state index >= 15 is 0 Å². The molecule has 9 heteroatoms. The molecule has 2 unspecified atom stereocenters. The molecule has 2 aliphatic heterocycles. The van der Waals surface area contributed by atoms with E-state index in [0.29, 0.717) is 11.3 Å². The molecule has 2 fully saturated rings.